The first-order chi connectivity index (χ1) is 10.2. The highest BCUT2D eigenvalue weighted by molar-refractivity contribution is 5.79. The van der Waals surface area contributed by atoms with Crippen LogP contribution in [0, 0.1) is 6.92 Å². The highest BCUT2D eigenvalue weighted by atomic mass is 16.1. The fraction of sp³-hybridized carbons (Fsp3) is 0.500. The highest BCUT2D eigenvalue weighted by Crippen LogP contribution is 2.20. The van der Waals surface area contributed by atoms with Gasteiger partial charge in [0.2, 0.25) is 0 Å². The summed E-state index contributed by atoms with van der Waals surface area (Å²) in [5, 5.41) is 0.833. The van der Waals surface area contributed by atoms with Gasteiger partial charge in [-0.15, -0.1) is 0 Å². The molecule has 3 heteroatoms. The van der Waals surface area contributed by atoms with Crippen LogP contribution in [0.1, 0.15) is 31.4 Å². The third kappa shape index (κ3) is 2.88. The van der Waals surface area contributed by atoms with E-state index in [0.29, 0.717) is 6.04 Å². The number of pyridine rings is 1. The van der Waals surface area contributed by atoms with E-state index in [-0.39, 0.29) is 5.43 Å². The van der Waals surface area contributed by atoms with Crippen LogP contribution >= 0.6 is 0 Å². The van der Waals surface area contributed by atoms with Gasteiger partial charge in [0.1, 0.15) is 0 Å². The summed E-state index contributed by atoms with van der Waals surface area (Å²) in [6.07, 6.45) is 5.13. The molecule has 2 heterocycles. The minimum absolute atomic E-state index is 0.133. The molecule has 1 aromatic heterocycles. The molecule has 2 aromatic rings. The predicted octanol–water partition coefficient (Wildman–Crippen LogP) is 3.18. The Morgan fingerprint density at radius 2 is 2.05 bits per heavy atom. The van der Waals surface area contributed by atoms with Crippen molar-refractivity contribution in [2.75, 3.05) is 13.6 Å². The maximum Gasteiger partial charge on any atom is 0.189 e. The summed E-state index contributed by atoms with van der Waals surface area (Å²) in [5.74, 6) is 0. The fourth-order valence-electron chi connectivity index (χ4n) is 3.54. The standard InChI is InChI=1S/C18H24N2O/c1-14-13-18(21)16-8-3-4-9-17(16)20(14)12-10-15-7-5-6-11-19(15)2/h3-4,8-9,13,15H,5-7,10-12H2,1-2H3/t15-/m0/s1. The quantitative estimate of drug-likeness (QED) is 0.865. The van der Waals surface area contributed by atoms with Crippen molar-refractivity contribution in [3.63, 3.8) is 0 Å². The molecular formula is C18H24N2O. The van der Waals surface area contributed by atoms with Gasteiger partial charge in [0, 0.05) is 29.7 Å². The Bertz CT molecular complexity index is 689. The normalized spacial score (nSPS) is 20.0. The zero-order chi connectivity index (χ0) is 14.8. The smallest absolute Gasteiger partial charge is 0.189 e. The third-order valence-corrected chi connectivity index (χ3v) is 4.83. The molecule has 0 N–H and O–H groups in total. The van der Waals surface area contributed by atoms with Crippen molar-refractivity contribution in [1.82, 2.24) is 9.47 Å². The van der Waals surface area contributed by atoms with Crippen molar-refractivity contribution in [2.45, 2.75) is 45.2 Å². The van der Waals surface area contributed by atoms with Gasteiger partial charge in [0.05, 0.1) is 5.52 Å². The number of fused-ring (bicyclic) bond motifs is 1. The van der Waals surface area contributed by atoms with Crippen LogP contribution in [-0.4, -0.2) is 29.1 Å². The molecule has 3 nitrogen and oxygen atoms in total. The lowest BCUT2D eigenvalue weighted by Crippen LogP contribution is -2.37. The average molecular weight is 284 g/mol. The van der Waals surface area contributed by atoms with Gasteiger partial charge in [-0.25, -0.2) is 0 Å². The minimum atomic E-state index is 0.133. The summed E-state index contributed by atoms with van der Waals surface area (Å²) in [6, 6.07) is 10.4. The largest absolute Gasteiger partial charge is 0.345 e. The van der Waals surface area contributed by atoms with Crippen LogP contribution in [0.15, 0.2) is 35.1 Å². The van der Waals surface area contributed by atoms with Crippen molar-refractivity contribution in [2.24, 2.45) is 0 Å². The first-order valence-corrected chi connectivity index (χ1v) is 7.96. The Balaban J connectivity index is 1.88. The molecule has 3 rings (SSSR count). The van der Waals surface area contributed by atoms with Gasteiger partial charge in [0.25, 0.3) is 0 Å². The van der Waals surface area contributed by atoms with Crippen LogP contribution in [0.5, 0.6) is 0 Å². The number of hydrogen-bond acceptors (Lipinski definition) is 2. The molecule has 1 atom stereocenters. The molecule has 112 valence electrons. The van der Waals surface area contributed by atoms with E-state index in [0.717, 1.165) is 29.6 Å². The molecule has 0 saturated carbocycles. The molecule has 21 heavy (non-hydrogen) atoms. The Kier molecular flexibility index (Phi) is 4.11. The van der Waals surface area contributed by atoms with Crippen LogP contribution < -0.4 is 5.43 Å². The Morgan fingerprint density at radius 3 is 2.86 bits per heavy atom. The average Bonchev–Trinajstić information content (AvgIpc) is 2.49. The van der Waals surface area contributed by atoms with Gasteiger partial charge in [-0.1, -0.05) is 18.6 Å². The minimum Gasteiger partial charge on any atom is -0.345 e. The number of piperidine rings is 1. The molecule has 1 saturated heterocycles. The number of nitrogens with zero attached hydrogens (tertiary/aromatic N) is 2. The van der Waals surface area contributed by atoms with Crippen molar-refractivity contribution in [3.8, 4) is 0 Å². The highest BCUT2D eigenvalue weighted by Gasteiger charge is 2.19. The number of benzene rings is 1. The molecule has 0 spiro atoms. The molecule has 1 aliphatic heterocycles. The van der Waals surface area contributed by atoms with Gasteiger partial charge in [0.15, 0.2) is 5.43 Å². The second-order valence-electron chi connectivity index (χ2n) is 6.24. The van der Waals surface area contributed by atoms with Gasteiger partial charge in [-0.3, -0.25) is 4.79 Å². The fourth-order valence-corrected chi connectivity index (χ4v) is 3.54. The summed E-state index contributed by atoms with van der Waals surface area (Å²) in [5.41, 5.74) is 2.27. The second kappa shape index (κ2) is 6.02. The van der Waals surface area contributed by atoms with Gasteiger partial charge in [-0.2, -0.15) is 0 Å². The van der Waals surface area contributed by atoms with Crippen LogP contribution in [-0.2, 0) is 6.54 Å². The maximum absolute atomic E-state index is 12.1. The molecule has 0 bridgehead atoms. The van der Waals surface area contributed by atoms with Crippen LogP contribution in [0.2, 0.25) is 0 Å². The SMILES string of the molecule is Cc1cc(=O)c2ccccc2n1CC[C@@H]1CCCCN1C. The summed E-state index contributed by atoms with van der Waals surface area (Å²) in [4.78, 5) is 14.6. The maximum atomic E-state index is 12.1. The number of para-hydroxylation sites is 1. The van der Waals surface area contributed by atoms with E-state index in [2.05, 4.69) is 22.6 Å². The lowest BCUT2D eigenvalue weighted by Gasteiger charge is -2.33. The number of likely N-dealkylation sites (tertiary alicyclic amines) is 1. The van der Waals surface area contributed by atoms with E-state index in [1.807, 2.05) is 25.1 Å². The Morgan fingerprint density at radius 1 is 1.24 bits per heavy atom. The summed E-state index contributed by atoms with van der Waals surface area (Å²) in [7, 11) is 2.24. The number of aromatic nitrogens is 1. The molecule has 0 unspecified atom stereocenters. The van der Waals surface area contributed by atoms with Crippen molar-refractivity contribution >= 4 is 10.9 Å². The van der Waals surface area contributed by atoms with E-state index in [4.69, 9.17) is 0 Å². The lowest BCUT2D eigenvalue weighted by atomic mass is 10.00. The number of rotatable bonds is 3. The molecular weight excluding hydrogens is 260 g/mol. The van der Waals surface area contributed by atoms with E-state index >= 15 is 0 Å². The van der Waals surface area contributed by atoms with Crippen LogP contribution in [0.25, 0.3) is 10.9 Å². The summed E-state index contributed by atoms with van der Waals surface area (Å²) < 4.78 is 2.30. The summed E-state index contributed by atoms with van der Waals surface area (Å²) in [6.45, 7) is 4.24. The first kappa shape index (κ1) is 14.3. The monoisotopic (exact) mass is 284 g/mol. The Labute approximate surface area is 126 Å². The molecule has 0 radical (unpaired) electrons. The van der Waals surface area contributed by atoms with Crippen molar-refractivity contribution in [1.29, 1.82) is 0 Å². The van der Waals surface area contributed by atoms with Gasteiger partial charge < -0.3 is 9.47 Å². The number of aryl methyl sites for hydroxylation is 2. The van der Waals surface area contributed by atoms with E-state index in [1.54, 1.807) is 6.07 Å². The van der Waals surface area contributed by atoms with E-state index in [1.165, 1.54) is 25.8 Å². The molecule has 1 fully saturated rings. The van der Waals surface area contributed by atoms with Crippen molar-refractivity contribution < 1.29 is 0 Å². The number of hydrogen-bond donors (Lipinski definition) is 0. The Hall–Kier alpha value is -1.61. The first-order valence-electron chi connectivity index (χ1n) is 7.96. The predicted molar refractivity (Wildman–Crippen MR) is 87.8 cm³/mol. The molecule has 0 amide bonds. The molecule has 1 aliphatic rings. The van der Waals surface area contributed by atoms with Crippen LogP contribution in [0.3, 0.4) is 0 Å². The lowest BCUT2D eigenvalue weighted by molar-refractivity contribution is 0.171. The van der Waals surface area contributed by atoms with E-state index in [9.17, 15) is 4.79 Å². The van der Waals surface area contributed by atoms with Crippen molar-refractivity contribution in [3.05, 3.63) is 46.2 Å². The molecule has 0 aliphatic carbocycles. The van der Waals surface area contributed by atoms with Crippen LogP contribution in [0.4, 0.5) is 0 Å². The topological polar surface area (TPSA) is 25.2 Å². The molecule has 1 aromatic carbocycles. The van der Waals surface area contributed by atoms with Gasteiger partial charge in [-0.05, 0) is 51.9 Å². The van der Waals surface area contributed by atoms with E-state index < -0.39 is 0 Å². The van der Waals surface area contributed by atoms with Gasteiger partial charge >= 0.3 is 0 Å². The zero-order valence-electron chi connectivity index (χ0n) is 13.0. The summed E-state index contributed by atoms with van der Waals surface area (Å²) >= 11 is 0. The zero-order valence-corrected chi connectivity index (χ0v) is 13.0. The second-order valence-corrected chi connectivity index (χ2v) is 6.24. The third-order valence-electron chi connectivity index (χ3n) is 4.83.